The molecule has 1 amide bonds. The topological polar surface area (TPSA) is 74.6 Å². The Morgan fingerprint density at radius 3 is 2.83 bits per heavy atom. The Kier molecular flexibility index (Phi) is 6.25. The fourth-order valence-corrected chi connectivity index (χ4v) is 4.44. The fourth-order valence-electron chi connectivity index (χ4n) is 4.02. The molecule has 2 aromatic rings. The van der Waals surface area contributed by atoms with Gasteiger partial charge in [-0.15, -0.1) is 0 Å². The van der Waals surface area contributed by atoms with Gasteiger partial charge in [-0.1, -0.05) is 15.9 Å². The van der Waals surface area contributed by atoms with E-state index in [0.29, 0.717) is 12.5 Å². The zero-order valence-corrected chi connectivity index (χ0v) is 19.4. The minimum Gasteiger partial charge on any atom is -0.492 e. The third-order valence-corrected chi connectivity index (χ3v) is 5.96. The highest BCUT2D eigenvalue weighted by Gasteiger charge is 2.32. The van der Waals surface area contributed by atoms with Crippen molar-refractivity contribution in [2.24, 2.45) is 5.92 Å². The number of benzene rings is 1. The summed E-state index contributed by atoms with van der Waals surface area (Å²) in [5.41, 5.74) is 0.541. The number of nitrogens with zero attached hydrogens (tertiary/aromatic N) is 2. The molecule has 0 spiro atoms. The smallest absolute Gasteiger partial charge is 0.407 e. The Morgan fingerprint density at radius 2 is 2.13 bits per heavy atom. The summed E-state index contributed by atoms with van der Waals surface area (Å²) < 4.78 is 20.3. The van der Waals surface area contributed by atoms with Crippen LogP contribution in [0.15, 0.2) is 22.8 Å². The van der Waals surface area contributed by atoms with Crippen LogP contribution in [0.4, 0.5) is 4.79 Å². The van der Waals surface area contributed by atoms with E-state index in [4.69, 9.17) is 14.2 Å². The van der Waals surface area contributed by atoms with Gasteiger partial charge in [0, 0.05) is 17.1 Å². The third kappa shape index (κ3) is 5.09. The molecule has 0 radical (unpaired) electrons. The average Bonchev–Trinajstić information content (AvgIpc) is 3.06. The Hall–Kier alpha value is -1.80. The van der Waals surface area contributed by atoms with Gasteiger partial charge in [0.1, 0.15) is 11.4 Å². The van der Waals surface area contributed by atoms with Gasteiger partial charge in [0.2, 0.25) is 0 Å². The number of ether oxygens (including phenoxy) is 3. The molecule has 7 nitrogen and oxygen atoms in total. The van der Waals surface area contributed by atoms with Crippen LogP contribution < -0.4 is 10.1 Å². The molecule has 4 rings (SSSR count). The number of hydrogen-bond donors (Lipinski definition) is 1. The Morgan fingerprint density at radius 1 is 1.33 bits per heavy atom. The molecule has 1 aliphatic heterocycles. The van der Waals surface area contributed by atoms with Crippen molar-refractivity contribution in [2.45, 2.75) is 70.7 Å². The van der Waals surface area contributed by atoms with Crippen LogP contribution in [-0.2, 0) is 9.47 Å². The lowest BCUT2D eigenvalue weighted by molar-refractivity contribution is -0.0366. The maximum Gasteiger partial charge on any atom is 0.407 e. The molecule has 2 aliphatic rings. The van der Waals surface area contributed by atoms with Crippen LogP contribution in [-0.4, -0.2) is 40.7 Å². The molecule has 1 aromatic heterocycles. The van der Waals surface area contributed by atoms with Gasteiger partial charge >= 0.3 is 6.09 Å². The maximum atomic E-state index is 11.9. The number of hydrogen-bond acceptors (Lipinski definition) is 5. The van der Waals surface area contributed by atoms with E-state index in [1.807, 2.05) is 37.7 Å². The number of aromatic nitrogens is 2. The first-order chi connectivity index (χ1) is 14.3. The van der Waals surface area contributed by atoms with Crippen LogP contribution in [0.1, 0.15) is 59.1 Å². The van der Waals surface area contributed by atoms with Gasteiger partial charge in [-0.05, 0) is 70.9 Å². The second kappa shape index (κ2) is 8.75. The minimum absolute atomic E-state index is 0.00952. The van der Waals surface area contributed by atoms with Crippen LogP contribution in [0.3, 0.4) is 0 Å². The van der Waals surface area contributed by atoms with Gasteiger partial charge in [-0.2, -0.15) is 5.10 Å². The summed E-state index contributed by atoms with van der Waals surface area (Å²) in [6, 6.07) is 4.21. The van der Waals surface area contributed by atoms with Crippen LogP contribution in [0.2, 0.25) is 0 Å². The number of amides is 1. The minimum atomic E-state index is -0.477. The van der Waals surface area contributed by atoms with E-state index in [2.05, 4.69) is 32.4 Å². The van der Waals surface area contributed by atoms with E-state index < -0.39 is 5.60 Å². The summed E-state index contributed by atoms with van der Waals surface area (Å²) in [4.78, 5) is 11.9. The summed E-state index contributed by atoms with van der Waals surface area (Å²) in [5, 5.41) is 8.51. The first-order valence-electron chi connectivity index (χ1n) is 10.7. The maximum absolute atomic E-state index is 11.9. The lowest BCUT2D eigenvalue weighted by atomic mass is 9.81. The fraction of sp³-hybridized carbons (Fsp3) is 0.636. The molecule has 1 saturated carbocycles. The van der Waals surface area contributed by atoms with Gasteiger partial charge < -0.3 is 19.5 Å². The zero-order chi connectivity index (χ0) is 21.3. The SMILES string of the molecule is CC(C)(C)OC(=O)NC1CC(COc2cc(Br)cc3c2cnn3C2CCCCO2)C1. The highest BCUT2D eigenvalue weighted by Crippen LogP contribution is 2.35. The monoisotopic (exact) mass is 479 g/mol. The molecule has 2 fully saturated rings. The molecule has 164 valence electrons. The number of rotatable bonds is 5. The van der Waals surface area contributed by atoms with Crippen LogP contribution >= 0.6 is 15.9 Å². The lowest BCUT2D eigenvalue weighted by Crippen LogP contribution is -2.47. The number of fused-ring (bicyclic) bond motifs is 1. The lowest BCUT2D eigenvalue weighted by Gasteiger charge is -2.36. The summed E-state index contributed by atoms with van der Waals surface area (Å²) in [5.74, 6) is 1.24. The van der Waals surface area contributed by atoms with E-state index in [0.717, 1.165) is 59.8 Å². The number of carbonyl (C=O) groups is 1. The largest absolute Gasteiger partial charge is 0.492 e. The number of nitrogens with one attached hydrogen (secondary N) is 1. The van der Waals surface area contributed by atoms with Crippen molar-refractivity contribution in [3.8, 4) is 5.75 Å². The number of halogens is 1. The van der Waals surface area contributed by atoms with E-state index >= 15 is 0 Å². The molecule has 2 heterocycles. The highest BCUT2D eigenvalue weighted by molar-refractivity contribution is 9.10. The normalized spacial score (nSPS) is 24.3. The molecular formula is C22H30BrN3O4. The van der Waals surface area contributed by atoms with E-state index in [-0.39, 0.29) is 18.4 Å². The van der Waals surface area contributed by atoms with Crippen molar-refractivity contribution >= 4 is 32.9 Å². The first-order valence-corrected chi connectivity index (χ1v) is 11.5. The van der Waals surface area contributed by atoms with Crippen molar-refractivity contribution < 1.29 is 19.0 Å². The molecule has 1 N–H and O–H groups in total. The van der Waals surface area contributed by atoms with E-state index in [9.17, 15) is 4.79 Å². The molecule has 1 saturated heterocycles. The van der Waals surface area contributed by atoms with Crippen molar-refractivity contribution in [3.63, 3.8) is 0 Å². The predicted octanol–water partition coefficient (Wildman–Crippen LogP) is 5.18. The van der Waals surface area contributed by atoms with Crippen molar-refractivity contribution in [1.29, 1.82) is 0 Å². The van der Waals surface area contributed by atoms with Gasteiger partial charge in [-0.3, -0.25) is 0 Å². The Labute approximate surface area is 185 Å². The van der Waals surface area contributed by atoms with Gasteiger partial charge in [0.25, 0.3) is 0 Å². The number of alkyl carbamates (subject to hydrolysis) is 1. The molecule has 1 atom stereocenters. The molecule has 1 aromatic carbocycles. The predicted molar refractivity (Wildman–Crippen MR) is 118 cm³/mol. The van der Waals surface area contributed by atoms with Crippen LogP contribution in [0.25, 0.3) is 10.9 Å². The first kappa shape index (κ1) is 21.4. The molecular weight excluding hydrogens is 450 g/mol. The van der Waals surface area contributed by atoms with Crippen molar-refractivity contribution in [3.05, 3.63) is 22.8 Å². The standard InChI is InChI=1S/C22H30BrN3O4/c1-22(2,3)30-21(27)25-16-8-14(9-16)13-29-19-11-15(23)10-18-17(19)12-24-26(18)20-6-4-5-7-28-20/h10-12,14,16,20H,4-9,13H2,1-3H3,(H,25,27). The average molecular weight is 480 g/mol. The molecule has 1 aliphatic carbocycles. The Bertz CT molecular complexity index is 896. The quantitative estimate of drug-likeness (QED) is 0.639. The molecule has 1 unspecified atom stereocenters. The molecule has 30 heavy (non-hydrogen) atoms. The third-order valence-electron chi connectivity index (χ3n) is 5.50. The van der Waals surface area contributed by atoms with E-state index in [1.54, 1.807) is 0 Å². The summed E-state index contributed by atoms with van der Waals surface area (Å²) in [7, 11) is 0. The van der Waals surface area contributed by atoms with Gasteiger partial charge in [-0.25, -0.2) is 9.48 Å². The van der Waals surface area contributed by atoms with Crippen LogP contribution in [0.5, 0.6) is 5.75 Å². The highest BCUT2D eigenvalue weighted by atomic mass is 79.9. The van der Waals surface area contributed by atoms with E-state index in [1.165, 1.54) is 0 Å². The zero-order valence-electron chi connectivity index (χ0n) is 17.8. The second-order valence-electron chi connectivity index (χ2n) is 9.24. The van der Waals surface area contributed by atoms with Gasteiger partial charge in [0.15, 0.2) is 6.23 Å². The van der Waals surface area contributed by atoms with Crippen molar-refractivity contribution in [2.75, 3.05) is 13.2 Å². The molecule has 0 bridgehead atoms. The van der Waals surface area contributed by atoms with Crippen LogP contribution in [0, 0.1) is 5.92 Å². The van der Waals surface area contributed by atoms with Gasteiger partial charge in [0.05, 0.1) is 23.7 Å². The summed E-state index contributed by atoms with van der Waals surface area (Å²) in [6.07, 6.45) is 6.54. The number of carbonyl (C=O) groups excluding carboxylic acids is 1. The Balaban J connectivity index is 1.34. The summed E-state index contributed by atoms with van der Waals surface area (Å²) in [6.45, 7) is 6.99. The second-order valence-corrected chi connectivity index (χ2v) is 10.2. The van der Waals surface area contributed by atoms with Crippen molar-refractivity contribution in [1.82, 2.24) is 15.1 Å². The molecule has 8 heteroatoms. The summed E-state index contributed by atoms with van der Waals surface area (Å²) >= 11 is 3.60.